The highest BCUT2D eigenvalue weighted by atomic mass is 79.9. The number of halogens is 1. The predicted molar refractivity (Wildman–Crippen MR) is 55.0 cm³/mol. The van der Waals surface area contributed by atoms with Gasteiger partial charge < -0.3 is 10.1 Å². The highest BCUT2D eigenvalue weighted by Crippen LogP contribution is 2.31. The van der Waals surface area contributed by atoms with Crippen LogP contribution in [-0.2, 0) is 0 Å². The number of benzene rings is 1. The van der Waals surface area contributed by atoms with E-state index in [9.17, 15) is 0 Å². The first kappa shape index (κ1) is 9.39. The highest BCUT2D eigenvalue weighted by Gasteiger charge is 2.05. The van der Waals surface area contributed by atoms with E-state index in [-0.39, 0.29) is 0 Å². The monoisotopic (exact) mass is 229 g/mol. The molecule has 0 saturated heterocycles. The van der Waals surface area contributed by atoms with Crippen LogP contribution in [-0.4, -0.2) is 14.2 Å². The minimum absolute atomic E-state index is 0.865. The van der Waals surface area contributed by atoms with E-state index >= 15 is 0 Å². The summed E-state index contributed by atoms with van der Waals surface area (Å²) in [6.07, 6.45) is 0. The molecule has 1 rings (SSSR count). The molecule has 1 N–H and O–H groups in total. The zero-order chi connectivity index (χ0) is 9.14. The average Bonchev–Trinajstić information content (AvgIpc) is 2.03. The molecule has 66 valence electrons. The SMILES string of the molecule is CNc1c(C)cc(Br)cc1OC. The maximum absolute atomic E-state index is 5.21. The molecule has 3 heteroatoms. The molecule has 0 aromatic heterocycles. The third kappa shape index (κ3) is 1.72. The number of ether oxygens (including phenoxy) is 1. The summed E-state index contributed by atoms with van der Waals surface area (Å²) in [7, 11) is 3.56. The van der Waals surface area contributed by atoms with Gasteiger partial charge in [0.25, 0.3) is 0 Å². The Kier molecular flexibility index (Phi) is 2.98. The summed E-state index contributed by atoms with van der Waals surface area (Å²) in [5, 5.41) is 3.10. The standard InChI is InChI=1S/C9H12BrNO/c1-6-4-7(10)5-8(12-3)9(6)11-2/h4-5,11H,1-3H3. The molecule has 12 heavy (non-hydrogen) atoms. The second-order valence-corrected chi connectivity index (χ2v) is 3.47. The Bertz CT molecular complexity index is 286. The maximum Gasteiger partial charge on any atom is 0.143 e. The molecule has 0 atom stereocenters. The molecule has 0 saturated carbocycles. The van der Waals surface area contributed by atoms with Crippen molar-refractivity contribution in [1.29, 1.82) is 0 Å². The smallest absolute Gasteiger partial charge is 0.143 e. The van der Waals surface area contributed by atoms with Gasteiger partial charge in [0.1, 0.15) is 5.75 Å². The van der Waals surface area contributed by atoms with Crippen LogP contribution in [0, 0.1) is 6.92 Å². The Labute approximate surface area is 81.1 Å². The van der Waals surface area contributed by atoms with Gasteiger partial charge in [0.2, 0.25) is 0 Å². The summed E-state index contributed by atoms with van der Waals surface area (Å²) in [6.45, 7) is 2.04. The summed E-state index contributed by atoms with van der Waals surface area (Å²) in [5.74, 6) is 0.865. The predicted octanol–water partition coefficient (Wildman–Crippen LogP) is 2.81. The van der Waals surface area contributed by atoms with Crippen LogP contribution in [0.1, 0.15) is 5.56 Å². The van der Waals surface area contributed by atoms with Crippen LogP contribution >= 0.6 is 15.9 Å². The third-order valence-electron chi connectivity index (χ3n) is 1.73. The second kappa shape index (κ2) is 3.81. The molecule has 0 aliphatic heterocycles. The van der Waals surface area contributed by atoms with Gasteiger partial charge in [-0.3, -0.25) is 0 Å². The van der Waals surface area contributed by atoms with Crippen molar-refractivity contribution in [1.82, 2.24) is 0 Å². The van der Waals surface area contributed by atoms with Crippen molar-refractivity contribution in [3.8, 4) is 5.75 Å². The fourth-order valence-electron chi connectivity index (χ4n) is 1.19. The van der Waals surface area contributed by atoms with Crippen LogP contribution in [0.15, 0.2) is 16.6 Å². The summed E-state index contributed by atoms with van der Waals surface area (Å²) in [5.41, 5.74) is 2.21. The molecule has 0 bridgehead atoms. The van der Waals surface area contributed by atoms with Crippen molar-refractivity contribution in [2.75, 3.05) is 19.5 Å². The van der Waals surface area contributed by atoms with Gasteiger partial charge in [-0.2, -0.15) is 0 Å². The van der Waals surface area contributed by atoms with Crippen molar-refractivity contribution in [3.05, 3.63) is 22.2 Å². The first-order valence-corrected chi connectivity index (χ1v) is 4.50. The lowest BCUT2D eigenvalue weighted by atomic mass is 10.2. The van der Waals surface area contributed by atoms with Crippen LogP contribution in [0.2, 0.25) is 0 Å². The number of aryl methyl sites for hydroxylation is 1. The zero-order valence-electron chi connectivity index (χ0n) is 7.44. The Balaban J connectivity index is 3.24. The van der Waals surface area contributed by atoms with Crippen LogP contribution in [0.4, 0.5) is 5.69 Å². The molecule has 0 aliphatic carbocycles. The van der Waals surface area contributed by atoms with Crippen molar-refractivity contribution in [2.45, 2.75) is 6.92 Å². The van der Waals surface area contributed by atoms with Gasteiger partial charge in [-0.25, -0.2) is 0 Å². The Morgan fingerprint density at radius 2 is 2.08 bits per heavy atom. The number of nitrogens with one attached hydrogen (secondary N) is 1. The van der Waals surface area contributed by atoms with Gasteiger partial charge in [-0.15, -0.1) is 0 Å². The van der Waals surface area contributed by atoms with Crippen LogP contribution < -0.4 is 10.1 Å². The number of hydrogen-bond acceptors (Lipinski definition) is 2. The Morgan fingerprint density at radius 3 is 2.58 bits per heavy atom. The average molecular weight is 230 g/mol. The molecule has 1 aromatic carbocycles. The summed E-state index contributed by atoms with van der Waals surface area (Å²) in [6, 6.07) is 3.99. The fraction of sp³-hybridized carbons (Fsp3) is 0.333. The summed E-state index contributed by atoms with van der Waals surface area (Å²) < 4.78 is 6.24. The normalized spacial score (nSPS) is 9.67. The summed E-state index contributed by atoms with van der Waals surface area (Å²) in [4.78, 5) is 0. The van der Waals surface area contributed by atoms with Gasteiger partial charge in [0, 0.05) is 11.5 Å². The van der Waals surface area contributed by atoms with E-state index in [1.165, 1.54) is 5.56 Å². The van der Waals surface area contributed by atoms with E-state index in [0.29, 0.717) is 0 Å². The fourth-order valence-corrected chi connectivity index (χ4v) is 1.75. The van der Waals surface area contributed by atoms with Crippen LogP contribution in [0.3, 0.4) is 0 Å². The number of hydrogen-bond donors (Lipinski definition) is 1. The van der Waals surface area contributed by atoms with Crippen LogP contribution in [0.5, 0.6) is 5.75 Å². The largest absolute Gasteiger partial charge is 0.495 e. The molecule has 0 radical (unpaired) electrons. The molecule has 0 unspecified atom stereocenters. The first-order chi connectivity index (χ1) is 5.69. The van der Waals surface area contributed by atoms with Crippen molar-refractivity contribution in [3.63, 3.8) is 0 Å². The minimum Gasteiger partial charge on any atom is -0.495 e. The molecule has 0 heterocycles. The van der Waals surface area contributed by atoms with Crippen molar-refractivity contribution >= 4 is 21.6 Å². The van der Waals surface area contributed by atoms with E-state index in [1.807, 2.05) is 26.1 Å². The number of anilines is 1. The third-order valence-corrected chi connectivity index (χ3v) is 2.19. The van der Waals surface area contributed by atoms with E-state index in [2.05, 4.69) is 21.2 Å². The molecule has 0 spiro atoms. The lowest BCUT2D eigenvalue weighted by molar-refractivity contribution is 0.416. The molecule has 1 aromatic rings. The van der Waals surface area contributed by atoms with Gasteiger partial charge in [0.05, 0.1) is 12.8 Å². The molecular formula is C9H12BrNO. The summed E-state index contributed by atoms with van der Waals surface area (Å²) >= 11 is 3.41. The van der Waals surface area contributed by atoms with E-state index in [0.717, 1.165) is 15.9 Å². The number of rotatable bonds is 2. The number of methoxy groups -OCH3 is 1. The highest BCUT2D eigenvalue weighted by molar-refractivity contribution is 9.10. The van der Waals surface area contributed by atoms with Crippen molar-refractivity contribution < 1.29 is 4.74 Å². The lowest BCUT2D eigenvalue weighted by Crippen LogP contribution is -1.96. The quantitative estimate of drug-likeness (QED) is 0.843. The Morgan fingerprint density at radius 1 is 1.42 bits per heavy atom. The lowest BCUT2D eigenvalue weighted by Gasteiger charge is -2.11. The topological polar surface area (TPSA) is 21.3 Å². The maximum atomic E-state index is 5.21. The Hall–Kier alpha value is -0.700. The van der Waals surface area contributed by atoms with Crippen molar-refractivity contribution in [2.24, 2.45) is 0 Å². The molecule has 0 aliphatic rings. The van der Waals surface area contributed by atoms with E-state index in [4.69, 9.17) is 4.74 Å². The molecular weight excluding hydrogens is 218 g/mol. The van der Waals surface area contributed by atoms with Gasteiger partial charge in [0.15, 0.2) is 0 Å². The van der Waals surface area contributed by atoms with E-state index < -0.39 is 0 Å². The molecule has 0 fully saturated rings. The molecule has 0 amide bonds. The minimum atomic E-state index is 0.865. The van der Waals surface area contributed by atoms with Gasteiger partial charge in [-0.05, 0) is 24.6 Å². The zero-order valence-corrected chi connectivity index (χ0v) is 9.03. The molecule has 2 nitrogen and oxygen atoms in total. The van der Waals surface area contributed by atoms with E-state index in [1.54, 1.807) is 7.11 Å². The first-order valence-electron chi connectivity index (χ1n) is 3.71. The van der Waals surface area contributed by atoms with Crippen LogP contribution in [0.25, 0.3) is 0 Å². The van der Waals surface area contributed by atoms with Gasteiger partial charge >= 0.3 is 0 Å². The second-order valence-electron chi connectivity index (χ2n) is 2.55. The van der Waals surface area contributed by atoms with Gasteiger partial charge in [-0.1, -0.05) is 15.9 Å².